The van der Waals surface area contributed by atoms with Crippen LogP contribution in [0.4, 0.5) is 0 Å². The van der Waals surface area contributed by atoms with E-state index in [1.165, 1.54) is 0 Å². The average molecular weight is 225 g/mol. The van der Waals surface area contributed by atoms with E-state index >= 15 is 0 Å². The van der Waals surface area contributed by atoms with E-state index in [-0.39, 0.29) is 11.7 Å². The van der Waals surface area contributed by atoms with E-state index in [4.69, 9.17) is 16.3 Å². The number of hydrogen-bond acceptors (Lipinski definition) is 2. The summed E-state index contributed by atoms with van der Waals surface area (Å²) in [6.45, 7) is 0.627. The Balaban J connectivity index is 2.22. The number of benzene rings is 1. The van der Waals surface area contributed by atoms with Gasteiger partial charge in [-0.05, 0) is 24.5 Å². The number of ether oxygens (including phenoxy) is 1. The second-order valence-electron chi connectivity index (χ2n) is 3.82. The van der Waals surface area contributed by atoms with Crippen molar-refractivity contribution in [2.24, 2.45) is 5.92 Å². The first-order valence-corrected chi connectivity index (χ1v) is 5.42. The third-order valence-corrected chi connectivity index (χ3v) is 3.17. The highest BCUT2D eigenvalue weighted by Crippen LogP contribution is 2.33. The summed E-state index contributed by atoms with van der Waals surface area (Å²) in [5.41, 5.74) is 1.80. The van der Waals surface area contributed by atoms with Crippen LogP contribution in [-0.4, -0.2) is 19.5 Å². The molecule has 0 amide bonds. The van der Waals surface area contributed by atoms with Crippen LogP contribution in [0.2, 0.25) is 5.02 Å². The van der Waals surface area contributed by atoms with E-state index in [1.807, 2.05) is 12.1 Å². The molecule has 2 nitrogen and oxygen atoms in total. The van der Waals surface area contributed by atoms with E-state index < -0.39 is 0 Å². The zero-order chi connectivity index (χ0) is 10.8. The molecule has 0 spiro atoms. The maximum atomic E-state index is 12.0. The summed E-state index contributed by atoms with van der Waals surface area (Å²) in [5, 5.41) is 0.581. The Kier molecular flexibility index (Phi) is 3.08. The lowest BCUT2D eigenvalue weighted by Gasteiger charge is -2.05. The normalized spacial score (nSPS) is 19.3. The molecule has 0 N–H and O–H groups in total. The van der Waals surface area contributed by atoms with Crippen molar-refractivity contribution in [2.75, 3.05) is 13.7 Å². The van der Waals surface area contributed by atoms with E-state index in [9.17, 15) is 4.79 Å². The Hall–Kier alpha value is -0.860. The van der Waals surface area contributed by atoms with Gasteiger partial charge in [0.05, 0.1) is 5.02 Å². The van der Waals surface area contributed by atoms with Crippen molar-refractivity contribution >= 4 is 17.4 Å². The van der Waals surface area contributed by atoms with Crippen molar-refractivity contribution in [3.8, 4) is 0 Å². The fourth-order valence-corrected chi connectivity index (χ4v) is 2.36. The van der Waals surface area contributed by atoms with Gasteiger partial charge in [-0.2, -0.15) is 0 Å². The fourth-order valence-electron chi connectivity index (χ4n) is 2.07. The second kappa shape index (κ2) is 4.33. The minimum absolute atomic E-state index is 0.0554. The molecule has 1 aliphatic rings. The Labute approximate surface area is 94.2 Å². The van der Waals surface area contributed by atoms with Crippen molar-refractivity contribution < 1.29 is 9.53 Å². The van der Waals surface area contributed by atoms with Crippen LogP contribution in [0, 0.1) is 5.92 Å². The molecule has 1 unspecified atom stereocenters. The summed E-state index contributed by atoms with van der Waals surface area (Å²) >= 11 is 6.01. The van der Waals surface area contributed by atoms with Crippen molar-refractivity contribution in [1.82, 2.24) is 0 Å². The molecule has 0 radical (unpaired) electrons. The maximum absolute atomic E-state index is 12.0. The molecule has 0 bridgehead atoms. The average Bonchev–Trinajstić information content (AvgIpc) is 2.54. The summed E-state index contributed by atoms with van der Waals surface area (Å²) in [6, 6.07) is 5.65. The summed E-state index contributed by atoms with van der Waals surface area (Å²) in [5.74, 6) is 0.229. The molecular formula is C12H13ClO2. The molecular weight excluding hydrogens is 212 g/mol. The first-order chi connectivity index (χ1) is 7.24. The first kappa shape index (κ1) is 10.7. The predicted molar refractivity (Wildman–Crippen MR) is 59.5 cm³/mol. The summed E-state index contributed by atoms with van der Waals surface area (Å²) in [6.07, 6.45) is 1.58. The van der Waals surface area contributed by atoms with Crippen molar-refractivity contribution in [2.45, 2.75) is 12.8 Å². The van der Waals surface area contributed by atoms with Gasteiger partial charge in [-0.3, -0.25) is 4.79 Å². The quantitative estimate of drug-likeness (QED) is 0.789. The number of methoxy groups -OCH3 is 1. The highest BCUT2D eigenvalue weighted by atomic mass is 35.5. The van der Waals surface area contributed by atoms with Gasteiger partial charge in [0.25, 0.3) is 0 Å². The summed E-state index contributed by atoms with van der Waals surface area (Å²) < 4.78 is 5.00. The van der Waals surface area contributed by atoms with E-state index in [2.05, 4.69) is 0 Å². The van der Waals surface area contributed by atoms with Crippen molar-refractivity contribution in [3.05, 3.63) is 34.3 Å². The molecule has 1 aromatic carbocycles. The van der Waals surface area contributed by atoms with Gasteiger partial charge in [-0.1, -0.05) is 23.7 Å². The highest BCUT2D eigenvalue weighted by Gasteiger charge is 2.31. The monoisotopic (exact) mass is 224 g/mol. The van der Waals surface area contributed by atoms with Crippen molar-refractivity contribution in [3.63, 3.8) is 0 Å². The molecule has 3 heteroatoms. The number of carbonyl (C=O) groups excluding carboxylic acids is 1. The Morgan fingerprint density at radius 3 is 3.00 bits per heavy atom. The number of halogens is 1. The van der Waals surface area contributed by atoms with Crippen LogP contribution in [0.3, 0.4) is 0 Å². The third kappa shape index (κ3) is 1.92. The van der Waals surface area contributed by atoms with Crippen LogP contribution < -0.4 is 0 Å². The zero-order valence-corrected chi connectivity index (χ0v) is 9.38. The van der Waals surface area contributed by atoms with E-state index in [0.29, 0.717) is 11.6 Å². The number of rotatable bonds is 3. The highest BCUT2D eigenvalue weighted by molar-refractivity contribution is 6.34. The molecule has 0 aromatic heterocycles. The van der Waals surface area contributed by atoms with Gasteiger partial charge in [-0.25, -0.2) is 0 Å². The van der Waals surface area contributed by atoms with Gasteiger partial charge in [0.2, 0.25) is 0 Å². The molecule has 1 aliphatic carbocycles. The molecule has 1 atom stereocenters. The van der Waals surface area contributed by atoms with Gasteiger partial charge >= 0.3 is 0 Å². The topological polar surface area (TPSA) is 26.3 Å². The standard InChI is InChI=1S/C12H13ClO2/c1-15-6-5-9-7-8-3-2-4-10(13)11(8)12(9)14/h2-4,9H,5-7H2,1H3. The summed E-state index contributed by atoms with van der Waals surface area (Å²) in [7, 11) is 1.65. The Morgan fingerprint density at radius 2 is 2.33 bits per heavy atom. The van der Waals surface area contributed by atoms with Crippen LogP contribution in [-0.2, 0) is 11.2 Å². The lowest BCUT2D eigenvalue weighted by Crippen LogP contribution is -2.11. The third-order valence-electron chi connectivity index (χ3n) is 2.85. The Bertz CT molecular complexity index is 387. The molecule has 0 aliphatic heterocycles. The van der Waals surface area contributed by atoms with Gasteiger partial charge in [-0.15, -0.1) is 0 Å². The lowest BCUT2D eigenvalue weighted by atomic mass is 10.0. The van der Waals surface area contributed by atoms with Gasteiger partial charge in [0.1, 0.15) is 0 Å². The minimum atomic E-state index is 0.0554. The van der Waals surface area contributed by atoms with Crippen LogP contribution in [0.25, 0.3) is 0 Å². The van der Waals surface area contributed by atoms with E-state index in [0.717, 1.165) is 24.0 Å². The van der Waals surface area contributed by atoms with E-state index in [1.54, 1.807) is 13.2 Å². The van der Waals surface area contributed by atoms with Crippen LogP contribution in [0.5, 0.6) is 0 Å². The molecule has 80 valence electrons. The van der Waals surface area contributed by atoms with Crippen molar-refractivity contribution in [1.29, 1.82) is 0 Å². The number of Topliss-reactive ketones (excluding diaryl/α,β-unsaturated/α-hetero) is 1. The smallest absolute Gasteiger partial charge is 0.168 e. The molecule has 0 saturated heterocycles. The van der Waals surface area contributed by atoms with Crippen LogP contribution >= 0.6 is 11.6 Å². The SMILES string of the molecule is COCCC1Cc2cccc(Cl)c2C1=O. The maximum Gasteiger partial charge on any atom is 0.168 e. The molecule has 0 saturated carbocycles. The Morgan fingerprint density at radius 1 is 1.53 bits per heavy atom. The summed E-state index contributed by atoms with van der Waals surface area (Å²) in [4.78, 5) is 12.0. The first-order valence-electron chi connectivity index (χ1n) is 5.04. The number of ketones is 1. The number of carbonyl (C=O) groups is 1. The molecule has 2 rings (SSSR count). The second-order valence-corrected chi connectivity index (χ2v) is 4.23. The molecule has 0 heterocycles. The fraction of sp³-hybridized carbons (Fsp3) is 0.417. The number of hydrogen-bond donors (Lipinski definition) is 0. The predicted octanol–water partition coefficient (Wildman–Crippen LogP) is 2.73. The molecule has 1 aromatic rings. The zero-order valence-electron chi connectivity index (χ0n) is 8.63. The number of fused-ring (bicyclic) bond motifs is 1. The minimum Gasteiger partial charge on any atom is -0.385 e. The van der Waals surface area contributed by atoms with Crippen LogP contribution in [0.1, 0.15) is 22.3 Å². The van der Waals surface area contributed by atoms with Gasteiger partial charge < -0.3 is 4.74 Å². The van der Waals surface area contributed by atoms with Gasteiger partial charge in [0, 0.05) is 25.2 Å². The molecule has 0 fully saturated rings. The lowest BCUT2D eigenvalue weighted by molar-refractivity contribution is 0.0900. The molecule has 15 heavy (non-hydrogen) atoms. The van der Waals surface area contributed by atoms with Crippen LogP contribution in [0.15, 0.2) is 18.2 Å². The van der Waals surface area contributed by atoms with Gasteiger partial charge in [0.15, 0.2) is 5.78 Å². The largest absolute Gasteiger partial charge is 0.385 e.